The lowest BCUT2D eigenvalue weighted by atomic mass is 10.4. The van der Waals surface area contributed by atoms with E-state index < -0.39 is 0 Å². The van der Waals surface area contributed by atoms with E-state index in [-0.39, 0.29) is 6.61 Å². The maximum atomic E-state index is 8.80. The quantitative estimate of drug-likeness (QED) is 0.750. The van der Waals surface area contributed by atoms with Gasteiger partial charge in [0.1, 0.15) is 5.76 Å². The summed E-state index contributed by atoms with van der Waals surface area (Å²) in [5.74, 6) is 1.42. The van der Waals surface area contributed by atoms with E-state index in [4.69, 9.17) is 9.63 Å². The summed E-state index contributed by atoms with van der Waals surface area (Å²) in [5, 5.41) is 24.5. The van der Waals surface area contributed by atoms with Gasteiger partial charge in [0.25, 0.3) is 0 Å². The molecule has 0 fully saturated rings. The summed E-state index contributed by atoms with van der Waals surface area (Å²) in [7, 11) is 0. The molecule has 0 saturated heterocycles. The zero-order valence-corrected chi connectivity index (χ0v) is 9.51. The number of tetrazole rings is 1. The van der Waals surface area contributed by atoms with Crippen molar-refractivity contribution in [1.82, 2.24) is 25.4 Å². The van der Waals surface area contributed by atoms with Crippen molar-refractivity contribution in [2.75, 3.05) is 6.61 Å². The van der Waals surface area contributed by atoms with Crippen LogP contribution in [0.4, 0.5) is 0 Å². The van der Waals surface area contributed by atoms with Gasteiger partial charge in [0.15, 0.2) is 0 Å². The van der Waals surface area contributed by atoms with E-state index in [0.717, 1.165) is 11.5 Å². The highest BCUT2D eigenvalue weighted by Gasteiger charge is 2.08. The molecule has 0 saturated carbocycles. The molecule has 2 aromatic heterocycles. The lowest BCUT2D eigenvalue weighted by molar-refractivity contribution is 0.262. The first-order valence-electron chi connectivity index (χ1n) is 4.71. The Kier molecular flexibility index (Phi) is 3.52. The molecule has 0 atom stereocenters. The van der Waals surface area contributed by atoms with Crippen LogP contribution in [0.15, 0.2) is 15.7 Å². The second kappa shape index (κ2) is 5.08. The maximum Gasteiger partial charge on any atom is 0.209 e. The molecule has 2 aromatic rings. The molecule has 0 bridgehead atoms. The Morgan fingerprint density at radius 1 is 1.56 bits per heavy atom. The topological polar surface area (TPSA) is 89.9 Å². The lowest BCUT2D eigenvalue weighted by Crippen LogP contribution is -2.05. The Labute approximate surface area is 95.8 Å². The third-order valence-corrected chi connectivity index (χ3v) is 2.83. The second-order valence-electron chi connectivity index (χ2n) is 3.13. The SMILES string of the molecule is Cc1cc(CSc2nnnn2CCO)no1. The van der Waals surface area contributed by atoms with Crippen molar-refractivity contribution in [3.8, 4) is 0 Å². The molecule has 8 heteroatoms. The molecule has 0 amide bonds. The van der Waals surface area contributed by atoms with Crippen LogP contribution in [-0.2, 0) is 12.3 Å². The number of rotatable bonds is 5. The van der Waals surface area contributed by atoms with Crippen LogP contribution in [0.2, 0.25) is 0 Å². The van der Waals surface area contributed by atoms with Crippen LogP contribution in [0.5, 0.6) is 0 Å². The first kappa shape index (κ1) is 11.1. The van der Waals surface area contributed by atoms with Crippen molar-refractivity contribution >= 4 is 11.8 Å². The molecule has 0 unspecified atom stereocenters. The summed E-state index contributed by atoms with van der Waals surface area (Å²) in [6, 6.07) is 1.87. The highest BCUT2D eigenvalue weighted by molar-refractivity contribution is 7.98. The molecule has 0 radical (unpaired) electrons. The maximum absolute atomic E-state index is 8.80. The Bertz CT molecular complexity index is 455. The van der Waals surface area contributed by atoms with Crippen molar-refractivity contribution in [1.29, 1.82) is 0 Å². The number of aliphatic hydroxyl groups is 1. The van der Waals surface area contributed by atoms with Crippen LogP contribution in [0.1, 0.15) is 11.5 Å². The average Bonchev–Trinajstić information content (AvgIpc) is 2.85. The van der Waals surface area contributed by atoms with Gasteiger partial charge < -0.3 is 9.63 Å². The molecular formula is C8H11N5O2S. The van der Waals surface area contributed by atoms with Crippen molar-refractivity contribution in [2.24, 2.45) is 0 Å². The number of nitrogens with zero attached hydrogens (tertiary/aromatic N) is 5. The Hall–Kier alpha value is -1.41. The molecule has 0 aliphatic rings. The van der Waals surface area contributed by atoms with Gasteiger partial charge >= 0.3 is 0 Å². The fraction of sp³-hybridized carbons (Fsp3) is 0.500. The largest absolute Gasteiger partial charge is 0.394 e. The summed E-state index contributed by atoms with van der Waals surface area (Å²) in [4.78, 5) is 0. The van der Waals surface area contributed by atoms with Gasteiger partial charge in [-0.15, -0.1) is 5.10 Å². The average molecular weight is 241 g/mol. The molecule has 86 valence electrons. The van der Waals surface area contributed by atoms with Crippen LogP contribution < -0.4 is 0 Å². The van der Waals surface area contributed by atoms with E-state index in [1.807, 2.05) is 13.0 Å². The number of hydrogen-bond acceptors (Lipinski definition) is 7. The highest BCUT2D eigenvalue weighted by atomic mass is 32.2. The summed E-state index contributed by atoms with van der Waals surface area (Å²) < 4.78 is 6.50. The standard InChI is InChI=1S/C8H11N5O2S/c1-6-4-7(10-15-6)5-16-8-9-11-12-13(8)2-3-14/h4,14H,2-3,5H2,1H3. The van der Waals surface area contributed by atoms with Crippen molar-refractivity contribution in [2.45, 2.75) is 24.4 Å². The van der Waals surface area contributed by atoms with Crippen molar-refractivity contribution < 1.29 is 9.63 Å². The summed E-state index contributed by atoms with van der Waals surface area (Å²) in [6.07, 6.45) is 0. The third-order valence-electron chi connectivity index (χ3n) is 1.84. The number of aryl methyl sites for hydroxylation is 1. The molecule has 0 aliphatic heterocycles. The first-order valence-corrected chi connectivity index (χ1v) is 5.70. The van der Waals surface area contributed by atoms with Gasteiger partial charge in [0.2, 0.25) is 5.16 Å². The molecule has 0 aromatic carbocycles. The number of thioether (sulfide) groups is 1. The monoisotopic (exact) mass is 241 g/mol. The number of aliphatic hydroxyl groups excluding tert-OH is 1. The first-order chi connectivity index (χ1) is 7.79. The van der Waals surface area contributed by atoms with Gasteiger partial charge in [0.05, 0.1) is 18.8 Å². The molecular weight excluding hydrogens is 230 g/mol. The van der Waals surface area contributed by atoms with Gasteiger partial charge in [-0.3, -0.25) is 0 Å². The molecule has 16 heavy (non-hydrogen) atoms. The fourth-order valence-corrected chi connectivity index (χ4v) is 1.94. The summed E-state index contributed by atoms with van der Waals surface area (Å²) >= 11 is 1.45. The predicted molar refractivity (Wildman–Crippen MR) is 55.7 cm³/mol. The zero-order valence-electron chi connectivity index (χ0n) is 8.70. The van der Waals surface area contributed by atoms with Crippen LogP contribution >= 0.6 is 11.8 Å². The molecule has 7 nitrogen and oxygen atoms in total. The molecule has 1 N–H and O–H groups in total. The van der Waals surface area contributed by atoms with Gasteiger partial charge in [-0.25, -0.2) is 4.68 Å². The van der Waals surface area contributed by atoms with Gasteiger partial charge in [-0.1, -0.05) is 16.9 Å². The van der Waals surface area contributed by atoms with Gasteiger partial charge in [-0.2, -0.15) is 0 Å². The minimum atomic E-state index is 0.0155. The predicted octanol–water partition coefficient (Wildman–Crippen LogP) is 0.254. The van der Waals surface area contributed by atoms with E-state index in [2.05, 4.69) is 20.7 Å². The lowest BCUT2D eigenvalue weighted by Gasteiger charge is -1.99. The Balaban J connectivity index is 1.96. The number of aromatic nitrogens is 5. The van der Waals surface area contributed by atoms with E-state index >= 15 is 0 Å². The van der Waals surface area contributed by atoms with E-state index in [1.165, 1.54) is 11.8 Å². The van der Waals surface area contributed by atoms with Crippen molar-refractivity contribution in [3.05, 3.63) is 17.5 Å². The minimum absolute atomic E-state index is 0.0155. The molecule has 2 heterocycles. The highest BCUT2D eigenvalue weighted by Crippen LogP contribution is 2.19. The van der Waals surface area contributed by atoms with Gasteiger partial charge in [-0.05, 0) is 17.4 Å². The summed E-state index contributed by atoms with van der Waals surface area (Å²) in [6.45, 7) is 2.26. The van der Waals surface area contributed by atoms with Gasteiger partial charge in [0, 0.05) is 11.8 Å². The second-order valence-corrected chi connectivity index (χ2v) is 4.07. The van der Waals surface area contributed by atoms with Crippen LogP contribution in [0.25, 0.3) is 0 Å². The molecule has 2 rings (SSSR count). The smallest absolute Gasteiger partial charge is 0.209 e. The van der Waals surface area contributed by atoms with Crippen LogP contribution in [-0.4, -0.2) is 37.1 Å². The van der Waals surface area contributed by atoms with E-state index in [1.54, 1.807) is 4.68 Å². The molecule has 0 aliphatic carbocycles. The Morgan fingerprint density at radius 3 is 3.12 bits per heavy atom. The van der Waals surface area contributed by atoms with E-state index in [9.17, 15) is 0 Å². The fourth-order valence-electron chi connectivity index (χ4n) is 1.16. The molecule has 0 spiro atoms. The normalized spacial score (nSPS) is 10.9. The van der Waals surface area contributed by atoms with Crippen molar-refractivity contribution in [3.63, 3.8) is 0 Å². The van der Waals surface area contributed by atoms with Crippen LogP contribution in [0, 0.1) is 6.92 Å². The summed E-state index contributed by atoms with van der Waals surface area (Å²) in [5.41, 5.74) is 0.848. The Morgan fingerprint density at radius 2 is 2.44 bits per heavy atom. The van der Waals surface area contributed by atoms with Crippen LogP contribution in [0.3, 0.4) is 0 Å². The third kappa shape index (κ3) is 2.58. The number of hydrogen-bond donors (Lipinski definition) is 1. The zero-order chi connectivity index (χ0) is 11.4. The minimum Gasteiger partial charge on any atom is -0.394 e. The van der Waals surface area contributed by atoms with E-state index in [0.29, 0.717) is 17.5 Å².